The Labute approximate surface area is 97.0 Å². The van der Waals surface area contributed by atoms with Crippen LogP contribution in [0.2, 0.25) is 0 Å². The maximum atomic E-state index is 9.39. The molecule has 1 aliphatic heterocycles. The van der Waals surface area contributed by atoms with Gasteiger partial charge in [0.2, 0.25) is 0 Å². The van der Waals surface area contributed by atoms with Gasteiger partial charge in [0.25, 0.3) is 0 Å². The van der Waals surface area contributed by atoms with E-state index in [4.69, 9.17) is 0 Å². The summed E-state index contributed by atoms with van der Waals surface area (Å²) in [5.41, 5.74) is 0.927. The number of aromatic nitrogens is 2. The molecular formula is C11H11N3OS. The zero-order chi connectivity index (χ0) is 11.0. The molecule has 0 bridgehead atoms. The number of aromatic hydroxyl groups is 1. The van der Waals surface area contributed by atoms with Gasteiger partial charge in [0.05, 0.1) is 0 Å². The van der Waals surface area contributed by atoms with Crippen LogP contribution in [0.3, 0.4) is 0 Å². The van der Waals surface area contributed by atoms with Gasteiger partial charge in [-0.2, -0.15) is 0 Å². The normalized spacial score (nSPS) is 16.0. The lowest BCUT2D eigenvalue weighted by atomic mass is 10.1. The van der Waals surface area contributed by atoms with Crippen molar-refractivity contribution in [1.29, 1.82) is 0 Å². The van der Waals surface area contributed by atoms with Crippen LogP contribution in [-0.2, 0) is 0 Å². The van der Waals surface area contributed by atoms with Crippen molar-refractivity contribution in [1.82, 2.24) is 15.5 Å². The first-order chi connectivity index (χ1) is 7.83. The van der Waals surface area contributed by atoms with Crippen molar-refractivity contribution in [2.75, 3.05) is 13.1 Å². The SMILES string of the molecule is Oc1cccc(-c2nnc(C3CNC3)s2)c1. The van der Waals surface area contributed by atoms with Crippen LogP contribution in [0.4, 0.5) is 0 Å². The molecule has 2 aromatic rings. The van der Waals surface area contributed by atoms with E-state index < -0.39 is 0 Å². The van der Waals surface area contributed by atoms with Crippen molar-refractivity contribution < 1.29 is 5.11 Å². The van der Waals surface area contributed by atoms with Crippen LogP contribution in [0.5, 0.6) is 5.75 Å². The van der Waals surface area contributed by atoms with Crippen molar-refractivity contribution >= 4 is 11.3 Å². The van der Waals surface area contributed by atoms with Gasteiger partial charge in [-0.1, -0.05) is 23.5 Å². The van der Waals surface area contributed by atoms with Gasteiger partial charge in [0, 0.05) is 24.6 Å². The number of phenolic OH excluding ortho intramolecular Hbond substituents is 1. The summed E-state index contributed by atoms with van der Waals surface area (Å²) in [5, 5.41) is 22.9. The zero-order valence-corrected chi connectivity index (χ0v) is 9.37. The zero-order valence-electron chi connectivity index (χ0n) is 8.55. The molecule has 1 saturated heterocycles. The topological polar surface area (TPSA) is 58.0 Å². The molecule has 0 atom stereocenters. The van der Waals surface area contributed by atoms with Crippen LogP contribution < -0.4 is 5.32 Å². The van der Waals surface area contributed by atoms with Gasteiger partial charge in [-0.3, -0.25) is 0 Å². The van der Waals surface area contributed by atoms with Crippen LogP contribution in [0, 0.1) is 0 Å². The number of hydrogen-bond donors (Lipinski definition) is 2. The molecule has 0 unspecified atom stereocenters. The van der Waals surface area contributed by atoms with Crippen LogP contribution in [0.1, 0.15) is 10.9 Å². The fourth-order valence-electron chi connectivity index (χ4n) is 1.62. The van der Waals surface area contributed by atoms with E-state index in [1.54, 1.807) is 23.5 Å². The first-order valence-electron chi connectivity index (χ1n) is 5.16. The molecule has 0 amide bonds. The van der Waals surface area contributed by atoms with Crippen LogP contribution in [0.25, 0.3) is 10.6 Å². The van der Waals surface area contributed by atoms with E-state index in [9.17, 15) is 5.11 Å². The number of nitrogens with zero attached hydrogens (tertiary/aromatic N) is 2. The fourth-order valence-corrected chi connectivity index (χ4v) is 2.56. The molecule has 1 fully saturated rings. The average molecular weight is 233 g/mol. The molecule has 4 nitrogen and oxygen atoms in total. The van der Waals surface area contributed by atoms with E-state index in [2.05, 4.69) is 15.5 Å². The molecule has 16 heavy (non-hydrogen) atoms. The Kier molecular flexibility index (Phi) is 2.34. The Bertz CT molecular complexity index is 507. The minimum atomic E-state index is 0.263. The monoisotopic (exact) mass is 233 g/mol. The van der Waals surface area contributed by atoms with E-state index >= 15 is 0 Å². The van der Waals surface area contributed by atoms with Gasteiger partial charge in [-0.25, -0.2) is 0 Å². The Hall–Kier alpha value is -1.46. The Balaban J connectivity index is 1.91. The minimum Gasteiger partial charge on any atom is -0.508 e. The second-order valence-electron chi connectivity index (χ2n) is 3.85. The molecule has 1 aliphatic rings. The lowest BCUT2D eigenvalue weighted by Gasteiger charge is -2.23. The van der Waals surface area contributed by atoms with Crippen LogP contribution in [-0.4, -0.2) is 28.4 Å². The van der Waals surface area contributed by atoms with Gasteiger partial charge in [-0.05, 0) is 12.1 Å². The number of benzene rings is 1. The first kappa shape index (κ1) is 9.74. The van der Waals surface area contributed by atoms with E-state index in [0.29, 0.717) is 5.92 Å². The van der Waals surface area contributed by atoms with E-state index in [0.717, 1.165) is 28.7 Å². The molecule has 3 rings (SSSR count). The standard InChI is InChI=1S/C11H11N3OS/c15-9-3-1-2-7(4-9)10-13-14-11(16-10)8-5-12-6-8/h1-4,8,12,15H,5-6H2. The van der Waals surface area contributed by atoms with Gasteiger partial charge >= 0.3 is 0 Å². The van der Waals surface area contributed by atoms with E-state index in [1.807, 2.05) is 12.1 Å². The van der Waals surface area contributed by atoms with Crippen molar-refractivity contribution in [3.63, 3.8) is 0 Å². The average Bonchev–Trinajstić information content (AvgIpc) is 2.64. The largest absolute Gasteiger partial charge is 0.508 e. The maximum Gasteiger partial charge on any atom is 0.147 e. The highest BCUT2D eigenvalue weighted by atomic mass is 32.1. The Morgan fingerprint density at radius 2 is 2.19 bits per heavy atom. The molecule has 2 heterocycles. The number of hydrogen-bond acceptors (Lipinski definition) is 5. The van der Waals surface area contributed by atoms with Gasteiger partial charge < -0.3 is 10.4 Å². The Morgan fingerprint density at radius 1 is 1.31 bits per heavy atom. The molecular weight excluding hydrogens is 222 g/mol. The molecule has 2 N–H and O–H groups in total. The molecule has 82 valence electrons. The van der Waals surface area contributed by atoms with Gasteiger partial charge in [0.1, 0.15) is 15.8 Å². The predicted octanol–water partition coefficient (Wildman–Crippen LogP) is 1.60. The highest BCUT2D eigenvalue weighted by molar-refractivity contribution is 7.14. The highest BCUT2D eigenvalue weighted by Gasteiger charge is 2.23. The summed E-state index contributed by atoms with van der Waals surface area (Å²) in [4.78, 5) is 0. The summed E-state index contributed by atoms with van der Waals surface area (Å²) in [6.45, 7) is 1.99. The van der Waals surface area contributed by atoms with Gasteiger partial charge in [-0.15, -0.1) is 10.2 Å². The predicted molar refractivity (Wildman–Crippen MR) is 62.6 cm³/mol. The number of rotatable bonds is 2. The molecule has 5 heteroatoms. The second-order valence-corrected chi connectivity index (χ2v) is 4.86. The third-order valence-electron chi connectivity index (χ3n) is 2.66. The summed E-state index contributed by atoms with van der Waals surface area (Å²) in [6, 6.07) is 7.12. The van der Waals surface area contributed by atoms with Crippen molar-refractivity contribution in [2.45, 2.75) is 5.92 Å². The molecule has 1 aromatic carbocycles. The summed E-state index contributed by atoms with van der Waals surface area (Å²) in [6.07, 6.45) is 0. The summed E-state index contributed by atoms with van der Waals surface area (Å²) in [5.74, 6) is 0.781. The van der Waals surface area contributed by atoms with Crippen molar-refractivity contribution in [2.24, 2.45) is 0 Å². The number of nitrogens with one attached hydrogen (secondary N) is 1. The highest BCUT2D eigenvalue weighted by Crippen LogP contribution is 2.30. The van der Waals surface area contributed by atoms with Crippen LogP contribution in [0.15, 0.2) is 24.3 Å². The fraction of sp³-hybridized carbons (Fsp3) is 0.273. The second kappa shape index (κ2) is 3.84. The van der Waals surface area contributed by atoms with E-state index in [-0.39, 0.29) is 5.75 Å². The third-order valence-corrected chi connectivity index (χ3v) is 3.80. The quantitative estimate of drug-likeness (QED) is 0.827. The van der Waals surface area contributed by atoms with Gasteiger partial charge in [0.15, 0.2) is 0 Å². The smallest absolute Gasteiger partial charge is 0.147 e. The molecule has 1 aromatic heterocycles. The first-order valence-corrected chi connectivity index (χ1v) is 5.98. The molecule has 0 saturated carbocycles. The lowest BCUT2D eigenvalue weighted by Crippen LogP contribution is -2.39. The minimum absolute atomic E-state index is 0.263. The Morgan fingerprint density at radius 3 is 2.88 bits per heavy atom. The van der Waals surface area contributed by atoms with Crippen molar-refractivity contribution in [3.05, 3.63) is 29.3 Å². The maximum absolute atomic E-state index is 9.39. The van der Waals surface area contributed by atoms with Crippen molar-refractivity contribution in [3.8, 4) is 16.3 Å². The third kappa shape index (κ3) is 1.68. The summed E-state index contributed by atoms with van der Waals surface area (Å²) in [7, 11) is 0. The summed E-state index contributed by atoms with van der Waals surface area (Å²) >= 11 is 1.61. The summed E-state index contributed by atoms with van der Waals surface area (Å²) < 4.78 is 0. The van der Waals surface area contributed by atoms with Crippen LogP contribution >= 0.6 is 11.3 Å². The lowest BCUT2D eigenvalue weighted by molar-refractivity contribution is 0.444. The van der Waals surface area contributed by atoms with E-state index in [1.165, 1.54) is 0 Å². The molecule has 0 radical (unpaired) electrons. The molecule has 0 spiro atoms. The number of phenols is 1. The molecule has 0 aliphatic carbocycles.